The first-order valence-corrected chi connectivity index (χ1v) is 8.12. The molecular formula is C12H18N2O3S2. The number of carbonyl (C=O) groups excluding carboxylic acids is 1. The lowest BCUT2D eigenvalue weighted by Gasteiger charge is -2.21. The molecule has 2 N–H and O–H groups in total. The summed E-state index contributed by atoms with van der Waals surface area (Å²) in [6.45, 7) is 0.476. The van der Waals surface area contributed by atoms with E-state index < -0.39 is 12.0 Å². The van der Waals surface area contributed by atoms with E-state index in [0.717, 1.165) is 5.56 Å². The Labute approximate surface area is 121 Å². The van der Waals surface area contributed by atoms with Crippen molar-refractivity contribution < 1.29 is 14.7 Å². The van der Waals surface area contributed by atoms with Crippen LogP contribution in [0.4, 0.5) is 4.79 Å². The van der Waals surface area contributed by atoms with Gasteiger partial charge in [0.25, 0.3) is 0 Å². The van der Waals surface area contributed by atoms with Crippen LogP contribution >= 0.6 is 23.1 Å². The van der Waals surface area contributed by atoms with Gasteiger partial charge in [0.1, 0.15) is 6.04 Å². The Hall–Kier alpha value is -1.21. The van der Waals surface area contributed by atoms with Crippen LogP contribution in [0.3, 0.4) is 0 Å². The molecule has 0 saturated heterocycles. The van der Waals surface area contributed by atoms with Crippen molar-refractivity contribution in [2.75, 3.05) is 19.1 Å². The van der Waals surface area contributed by atoms with Gasteiger partial charge in [-0.05, 0) is 40.8 Å². The highest BCUT2D eigenvalue weighted by Crippen LogP contribution is 2.09. The molecule has 0 aromatic carbocycles. The minimum atomic E-state index is -0.994. The molecule has 7 heteroatoms. The quantitative estimate of drug-likeness (QED) is 0.809. The second kappa shape index (κ2) is 8.06. The Kier molecular flexibility index (Phi) is 6.72. The van der Waals surface area contributed by atoms with E-state index in [1.54, 1.807) is 30.1 Å². The van der Waals surface area contributed by atoms with E-state index >= 15 is 0 Å². The molecule has 2 amide bonds. The molecule has 106 valence electrons. The molecule has 1 heterocycles. The zero-order valence-corrected chi connectivity index (χ0v) is 12.6. The summed E-state index contributed by atoms with van der Waals surface area (Å²) in [5, 5.41) is 15.5. The van der Waals surface area contributed by atoms with E-state index in [2.05, 4.69) is 5.32 Å². The summed E-state index contributed by atoms with van der Waals surface area (Å²) in [5.41, 5.74) is 1.04. The molecule has 0 aliphatic rings. The van der Waals surface area contributed by atoms with Crippen LogP contribution in [0, 0.1) is 0 Å². The number of carbonyl (C=O) groups is 2. The molecular weight excluding hydrogens is 284 g/mol. The highest BCUT2D eigenvalue weighted by molar-refractivity contribution is 7.98. The Balaban J connectivity index is 2.48. The molecule has 0 aliphatic carbocycles. The van der Waals surface area contributed by atoms with Crippen molar-refractivity contribution in [2.24, 2.45) is 0 Å². The molecule has 1 atom stereocenters. The number of nitrogens with zero attached hydrogens (tertiary/aromatic N) is 1. The number of hydrogen-bond donors (Lipinski definition) is 2. The summed E-state index contributed by atoms with van der Waals surface area (Å²) in [4.78, 5) is 24.4. The SMILES string of the molecule is CSCC[C@H](NC(=O)N(C)Cc1ccsc1)C(=O)O. The average molecular weight is 302 g/mol. The van der Waals surface area contributed by atoms with E-state index in [-0.39, 0.29) is 6.03 Å². The van der Waals surface area contributed by atoms with E-state index in [1.165, 1.54) is 4.90 Å². The minimum absolute atomic E-state index is 0.361. The molecule has 5 nitrogen and oxygen atoms in total. The fourth-order valence-corrected chi connectivity index (χ4v) is 2.61. The fourth-order valence-electron chi connectivity index (χ4n) is 1.48. The lowest BCUT2D eigenvalue weighted by atomic mass is 10.2. The first kappa shape index (κ1) is 15.8. The molecule has 0 unspecified atom stereocenters. The largest absolute Gasteiger partial charge is 0.480 e. The average Bonchev–Trinajstić information content (AvgIpc) is 2.86. The number of hydrogen-bond acceptors (Lipinski definition) is 4. The molecule has 0 saturated carbocycles. The number of urea groups is 1. The van der Waals surface area contributed by atoms with Crippen molar-refractivity contribution in [3.63, 3.8) is 0 Å². The topological polar surface area (TPSA) is 69.6 Å². The van der Waals surface area contributed by atoms with Crippen molar-refractivity contribution >= 4 is 35.1 Å². The van der Waals surface area contributed by atoms with Crippen LogP contribution in [0.1, 0.15) is 12.0 Å². The van der Waals surface area contributed by atoms with E-state index in [4.69, 9.17) is 5.11 Å². The van der Waals surface area contributed by atoms with Crippen LogP contribution in [0.2, 0.25) is 0 Å². The highest BCUT2D eigenvalue weighted by Gasteiger charge is 2.21. The third-order valence-electron chi connectivity index (χ3n) is 2.55. The summed E-state index contributed by atoms with van der Waals surface area (Å²) in [6.07, 6.45) is 2.33. The minimum Gasteiger partial charge on any atom is -0.480 e. The molecule has 0 spiro atoms. The van der Waals surface area contributed by atoms with Gasteiger partial charge < -0.3 is 15.3 Å². The van der Waals surface area contributed by atoms with Crippen LogP contribution < -0.4 is 5.32 Å². The monoisotopic (exact) mass is 302 g/mol. The number of aliphatic carboxylic acids is 1. The van der Waals surface area contributed by atoms with Gasteiger partial charge in [-0.15, -0.1) is 0 Å². The maximum Gasteiger partial charge on any atom is 0.326 e. The number of carboxylic acid groups (broad SMARTS) is 1. The van der Waals surface area contributed by atoms with E-state index in [9.17, 15) is 9.59 Å². The van der Waals surface area contributed by atoms with Crippen molar-refractivity contribution in [1.82, 2.24) is 10.2 Å². The van der Waals surface area contributed by atoms with Gasteiger partial charge in [0.2, 0.25) is 0 Å². The van der Waals surface area contributed by atoms with Crippen molar-refractivity contribution in [2.45, 2.75) is 19.0 Å². The lowest BCUT2D eigenvalue weighted by Crippen LogP contribution is -2.46. The van der Waals surface area contributed by atoms with E-state index in [1.807, 2.05) is 23.1 Å². The molecule has 1 rings (SSSR count). The van der Waals surface area contributed by atoms with Crippen LogP contribution in [-0.2, 0) is 11.3 Å². The van der Waals surface area contributed by atoms with Crippen molar-refractivity contribution in [3.8, 4) is 0 Å². The number of carboxylic acids is 1. The first-order chi connectivity index (χ1) is 9.04. The Morgan fingerprint density at radius 2 is 2.32 bits per heavy atom. The molecule has 1 aromatic heterocycles. The summed E-state index contributed by atoms with van der Waals surface area (Å²) in [5.74, 6) is -0.294. The number of thiophene rings is 1. The van der Waals surface area contributed by atoms with Crippen LogP contribution in [0.5, 0.6) is 0 Å². The van der Waals surface area contributed by atoms with Gasteiger partial charge in [-0.25, -0.2) is 9.59 Å². The zero-order valence-electron chi connectivity index (χ0n) is 11.0. The maximum absolute atomic E-state index is 11.9. The van der Waals surface area contributed by atoms with Crippen LogP contribution in [0.25, 0.3) is 0 Å². The first-order valence-electron chi connectivity index (χ1n) is 5.79. The number of nitrogens with one attached hydrogen (secondary N) is 1. The second-order valence-electron chi connectivity index (χ2n) is 4.11. The highest BCUT2D eigenvalue weighted by atomic mass is 32.2. The van der Waals surface area contributed by atoms with Gasteiger partial charge in [-0.2, -0.15) is 23.1 Å². The summed E-state index contributed by atoms with van der Waals surface area (Å²) < 4.78 is 0. The number of thioether (sulfide) groups is 1. The smallest absolute Gasteiger partial charge is 0.326 e. The molecule has 19 heavy (non-hydrogen) atoms. The third-order valence-corrected chi connectivity index (χ3v) is 3.93. The van der Waals surface area contributed by atoms with Crippen molar-refractivity contribution in [3.05, 3.63) is 22.4 Å². The van der Waals surface area contributed by atoms with E-state index in [0.29, 0.717) is 18.7 Å². The van der Waals surface area contributed by atoms with Crippen molar-refractivity contribution in [1.29, 1.82) is 0 Å². The summed E-state index contributed by atoms with van der Waals surface area (Å²) in [7, 11) is 1.65. The van der Waals surface area contributed by atoms with Gasteiger partial charge in [-0.1, -0.05) is 0 Å². The Morgan fingerprint density at radius 1 is 1.58 bits per heavy atom. The number of rotatable bonds is 7. The molecule has 0 fully saturated rings. The van der Waals surface area contributed by atoms with Gasteiger partial charge in [0.15, 0.2) is 0 Å². The fraction of sp³-hybridized carbons (Fsp3) is 0.500. The molecule has 0 bridgehead atoms. The summed E-state index contributed by atoms with van der Waals surface area (Å²) >= 11 is 3.13. The van der Waals surface area contributed by atoms with Gasteiger partial charge >= 0.3 is 12.0 Å². The van der Waals surface area contributed by atoms with Gasteiger partial charge in [0.05, 0.1) is 0 Å². The standard InChI is InChI=1S/C12H18N2O3S2/c1-14(7-9-3-6-19-8-9)12(17)13-10(11(15)16)4-5-18-2/h3,6,8,10H,4-5,7H2,1-2H3,(H,13,17)(H,15,16)/t10-/m0/s1. The zero-order chi connectivity index (χ0) is 14.3. The Morgan fingerprint density at radius 3 is 2.84 bits per heavy atom. The molecule has 1 aromatic rings. The van der Waals surface area contributed by atoms with Gasteiger partial charge in [-0.3, -0.25) is 0 Å². The predicted octanol–water partition coefficient (Wildman–Crippen LogP) is 2.10. The second-order valence-corrected chi connectivity index (χ2v) is 5.88. The maximum atomic E-state index is 11.9. The molecule has 0 aliphatic heterocycles. The molecule has 0 radical (unpaired) electrons. The van der Waals surface area contributed by atoms with Crippen LogP contribution in [0.15, 0.2) is 16.8 Å². The summed E-state index contributed by atoms with van der Waals surface area (Å²) in [6, 6.07) is 0.751. The lowest BCUT2D eigenvalue weighted by molar-refractivity contribution is -0.139. The Bertz CT molecular complexity index is 409. The predicted molar refractivity (Wildman–Crippen MR) is 78.7 cm³/mol. The third kappa shape index (κ3) is 5.52. The van der Waals surface area contributed by atoms with Gasteiger partial charge in [0, 0.05) is 13.6 Å². The number of amides is 2. The normalized spacial score (nSPS) is 11.9. The van der Waals surface area contributed by atoms with Crippen LogP contribution in [-0.4, -0.2) is 47.1 Å².